The lowest BCUT2D eigenvalue weighted by Gasteiger charge is -2.09. The molecule has 148 valence electrons. The molecule has 1 N–H and O–H groups in total. The fourth-order valence-electron chi connectivity index (χ4n) is 3.14. The van der Waals surface area contributed by atoms with Crippen molar-refractivity contribution < 1.29 is 13.6 Å². The van der Waals surface area contributed by atoms with Crippen molar-refractivity contribution in [3.8, 4) is 11.3 Å². The van der Waals surface area contributed by atoms with Gasteiger partial charge in [0.2, 0.25) is 0 Å². The van der Waals surface area contributed by atoms with Crippen LogP contribution in [0.25, 0.3) is 16.9 Å². The van der Waals surface area contributed by atoms with Crippen LogP contribution in [0.5, 0.6) is 0 Å². The molecule has 0 spiro atoms. The molecule has 3 heterocycles. The van der Waals surface area contributed by atoms with Crippen molar-refractivity contribution in [1.82, 2.24) is 24.4 Å². The molecule has 0 aliphatic heterocycles. The van der Waals surface area contributed by atoms with E-state index in [0.29, 0.717) is 23.5 Å². The molecule has 9 heteroatoms. The molecular weight excluding hydrogens is 378 g/mol. The third-order valence-electron chi connectivity index (χ3n) is 4.69. The number of nitrogens with one attached hydrogen (secondary N) is 1. The predicted molar refractivity (Wildman–Crippen MR) is 104 cm³/mol. The Balaban J connectivity index is 1.79. The second kappa shape index (κ2) is 7.42. The van der Waals surface area contributed by atoms with Crippen LogP contribution in [0.15, 0.2) is 48.8 Å². The minimum Gasteiger partial charge on any atom is -0.319 e. The summed E-state index contributed by atoms with van der Waals surface area (Å²) >= 11 is 0. The van der Waals surface area contributed by atoms with Gasteiger partial charge < -0.3 is 5.32 Å². The Bertz CT molecular complexity index is 1180. The molecule has 0 atom stereocenters. The predicted octanol–water partition coefficient (Wildman–Crippen LogP) is 4.11. The Morgan fingerprint density at radius 2 is 1.93 bits per heavy atom. The summed E-state index contributed by atoms with van der Waals surface area (Å²) in [4.78, 5) is 17.3. The summed E-state index contributed by atoms with van der Waals surface area (Å²) in [7, 11) is 0. The third-order valence-corrected chi connectivity index (χ3v) is 4.69. The number of aromatic nitrogens is 5. The fourth-order valence-corrected chi connectivity index (χ4v) is 3.14. The quantitative estimate of drug-likeness (QED) is 0.551. The van der Waals surface area contributed by atoms with Gasteiger partial charge in [-0.25, -0.2) is 18.3 Å². The molecule has 0 saturated carbocycles. The molecule has 7 nitrogen and oxygen atoms in total. The normalized spacial score (nSPS) is 11.3. The van der Waals surface area contributed by atoms with Gasteiger partial charge in [-0.05, 0) is 19.9 Å². The molecular formula is C20H18F2N6O. The lowest BCUT2D eigenvalue weighted by Crippen LogP contribution is -2.13. The van der Waals surface area contributed by atoms with Crippen LogP contribution in [0.2, 0.25) is 0 Å². The van der Waals surface area contributed by atoms with Crippen molar-refractivity contribution in [3.63, 3.8) is 0 Å². The van der Waals surface area contributed by atoms with Gasteiger partial charge in [0.15, 0.2) is 5.65 Å². The molecule has 1 amide bonds. The average molecular weight is 396 g/mol. The third kappa shape index (κ3) is 3.35. The van der Waals surface area contributed by atoms with E-state index in [2.05, 4.69) is 20.5 Å². The number of hydrogen-bond acceptors (Lipinski definition) is 4. The zero-order valence-corrected chi connectivity index (χ0v) is 15.8. The van der Waals surface area contributed by atoms with E-state index in [0.717, 1.165) is 10.2 Å². The lowest BCUT2D eigenvalue weighted by molar-refractivity contribution is 0.102. The molecule has 0 unspecified atom stereocenters. The van der Waals surface area contributed by atoms with Crippen LogP contribution < -0.4 is 5.32 Å². The number of fused-ring (bicyclic) bond motifs is 1. The minimum absolute atomic E-state index is 0.0692. The highest BCUT2D eigenvalue weighted by Crippen LogP contribution is 2.27. The van der Waals surface area contributed by atoms with E-state index in [1.807, 2.05) is 19.9 Å². The number of aryl methyl sites for hydroxylation is 1. The number of halogens is 2. The molecule has 29 heavy (non-hydrogen) atoms. The van der Waals surface area contributed by atoms with Crippen molar-refractivity contribution in [2.75, 3.05) is 5.32 Å². The number of alkyl halides is 2. The fraction of sp³-hybridized carbons (Fsp3) is 0.200. The summed E-state index contributed by atoms with van der Waals surface area (Å²) in [5.74, 6) is -0.489. The summed E-state index contributed by atoms with van der Waals surface area (Å²) in [6.07, 6.45) is 0.0251. The van der Waals surface area contributed by atoms with Gasteiger partial charge in [0.25, 0.3) is 12.3 Å². The van der Waals surface area contributed by atoms with Gasteiger partial charge in [-0.15, -0.1) is 0 Å². The first-order valence-corrected chi connectivity index (χ1v) is 9.05. The van der Waals surface area contributed by atoms with E-state index in [-0.39, 0.29) is 16.9 Å². The van der Waals surface area contributed by atoms with Gasteiger partial charge in [0.05, 0.1) is 29.5 Å². The smallest absolute Gasteiger partial charge is 0.280 e. The van der Waals surface area contributed by atoms with E-state index in [9.17, 15) is 13.6 Å². The van der Waals surface area contributed by atoms with E-state index in [1.165, 1.54) is 12.3 Å². The number of rotatable bonds is 5. The standard InChI is InChI=1S/C20H18F2N6O/c1-3-27-12(2)16(11-23-27)26-20(29)14-10-24-28-17(18(21)22)9-15(25-19(14)28)13-7-5-4-6-8-13/h4-11,18H,3H2,1-2H3,(H,26,29). The number of nitrogens with zero attached hydrogens (tertiary/aromatic N) is 5. The topological polar surface area (TPSA) is 77.1 Å². The number of hydrogen-bond donors (Lipinski definition) is 1. The Morgan fingerprint density at radius 3 is 2.59 bits per heavy atom. The van der Waals surface area contributed by atoms with Crippen LogP contribution >= 0.6 is 0 Å². The lowest BCUT2D eigenvalue weighted by atomic mass is 10.1. The summed E-state index contributed by atoms with van der Waals surface area (Å²) < 4.78 is 30.0. The number of carbonyl (C=O) groups is 1. The van der Waals surface area contributed by atoms with E-state index in [1.54, 1.807) is 35.1 Å². The van der Waals surface area contributed by atoms with Crippen LogP contribution in [-0.2, 0) is 6.54 Å². The number of benzene rings is 1. The van der Waals surface area contributed by atoms with Crippen LogP contribution in [0.1, 0.15) is 35.1 Å². The maximum atomic E-state index is 13.6. The number of carbonyl (C=O) groups excluding carboxylic acids is 1. The molecule has 0 fully saturated rings. The average Bonchev–Trinajstić information content (AvgIpc) is 3.31. The Hall–Kier alpha value is -3.62. The highest BCUT2D eigenvalue weighted by atomic mass is 19.3. The van der Waals surface area contributed by atoms with E-state index in [4.69, 9.17) is 0 Å². The number of anilines is 1. The maximum Gasteiger partial charge on any atom is 0.280 e. The largest absolute Gasteiger partial charge is 0.319 e. The van der Waals surface area contributed by atoms with Gasteiger partial charge in [-0.3, -0.25) is 9.48 Å². The molecule has 4 rings (SSSR count). The summed E-state index contributed by atoms with van der Waals surface area (Å²) in [5, 5.41) is 10.9. The van der Waals surface area contributed by atoms with Crippen molar-refractivity contribution >= 4 is 17.2 Å². The molecule has 0 radical (unpaired) electrons. The molecule has 0 aliphatic carbocycles. The summed E-state index contributed by atoms with van der Waals surface area (Å²) in [6, 6.07) is 10.2. The number of amides is 1. The van der Waals surface area contributed by atoms with Crippen LogP contribution in [0.4, 0.5) is 14.5 Å². The van der Waals surface area contributed by atoms with Crippen molar-refractivity contribution in [2.45, 2.75) is 26.8 Å². The molecule has 4 aromatic rings. The monoisotopic (exact) mass is 396 g/mol. The molecule has 3 aromatic heterocycles. The molecule has 0 bridgehead atoms. The SMILES string of the molecule is CCn1ncc(NC(=O)c2cnn3c(C(F)F)cc(-c4ccccc4)nc23)c1C. The van der Waals surface area contributed by atoms with Gasteiger partial charge in [-0.1, -0.05) is 30.3 Å². The zero-order chi connectivity index (χ0) is 20.5. The highest BCUT2D eigenvalue weighted by Gasteiger charge is 2.22. The van der Waals surface area contributed by atoms with Gasteiger partial charge in [0.1, 0.15) is 11.3 Å². The maximum absolute atomic E-state index is 13.6. The van der Waals surface area contributed by atoms with Gasteiger partial charge in [-0.2, -0.15) is 10.2 Å². The second-order valence-electron chi connectivity index (χ2n) is 6.44. The van der Waals surface area contributed by atoms with Crippen molar-refractivity contribution in [1.29, 1.82) is 0 Å². The molecule has 0 saturated heterocycles. The van der Waals surface area contributed by atoms with Gasteiger partial charge >= 0.3 is 0 Å². The summed E-state index contributed by atoms with van der Waals surface area (Å²) in [6.45, 7) is 4.44. The molecule has 1 aromatic carbocycles. The first kappa shape index (κ1) is 18.7. The first-order valence-electron chi connectivity index (χ1n) is 9.05. The van der Waals surface area contributed by atoms with Crippen LogP contribution in [0.3, 0.4) is 0 Å². The highest BCUT2D eigenvalue weighted by molar-refractivity contribution is 6.08. The van der Waals surface area contributed by atoms with Crippen molar-refractivity contribution in [2.24, 2.45) is 0 Å². The minimum atomic E-state index is -2.77. The second-order valence-corrected chi connectivity index (χ2v) is 6.44. The van der Waals surface area contributed by atoms with E-state index < -0.39 is 12.3 Å². The van der Waals surface area contributed by atoms with Crippen LogP contribution in [0, 0.1) is 6.92 Å². The van der Waals surface area contributed by atoms with Crippen molar-refractivity contribution in [3.05, 3.63) is 65.7 Å². The molecule has 0 aliphatic rings. The Labute approximate surface area is 165 Å². The Kier molecular flexibility index (Phi) is 4.79. The van der Waals surface area contributed by atoms with Crippen LogP contribution in [-0.4, -0.2) is 30.3 Å². The Morgan fingerprint density at radius 1 is 1.17 bits per heavy atom. The van der Waals surface area contributed by atoms with Gasteiger partial charge in [0, 0.05) is 12.1 Å². The first-order chi connectivity index (χ1) is 14.0. The van der Waals surface area contributed by atoms with E-state index >= 15 is 0 Å². The summed E-state index contributed by atoms with van der Waals surface area (Å²) in [5.41, 5.74) is 2.20. The zero-order valence-electron chi connectivity index (χ0n) is 15.8.